The minimum atomic E-state index is -0.791. The lowest BCUT2D eigenvalue weighted by Crippen LogP contribution is -2.11. The molecule has 0 aliphatic heterocycles. The Balaban J connectivity index is 3.21. The van der Waals surface area contributed by atoms with E-state index in [1.54, 1.807) is 0 Å². The van der Waals surface area contributed by atoms with Crippen LogP contribution in [0.3, 0.4) is 0 Å². The fourth-order valence-corrected chi connectivity index (χ4v) is 1.57. The summed E-state index contributed by atoms with van der Waals surface area (Å²) in [4.78, 5) is 10.6. The minimum Gasteiger partial charge on any atom is -0.480 e. The van der Waals surface area contributed by atoms with Gasteiger partial charge in [0.15, 0.2) is 0 Å². The Hall–Kier alpha value is -1.25. The van der Waals surface area contributed by atoms with Gasteiger partial charge in [-0.2, -0.15) is 0 Å². The van der Waals surface area contributed by atoms with Crippen molar-refractivity contribution in [2.75, 3.05) is 0 Å². The van der Waals surface area contributed by atoms with Crippen molar-refractivity contribution in [2.45, 2.75) is 34.2 Å². The number of carboxylic acid groups (broad SMARTS) is 1. The molecule has 0 fully saturated rings. The highest BCUT2D eigenvalue weighted by Gasteiger charge is 2.12. The zero-order valence-corrected chi connectivity index (χ0v) is 8.51. The van der Waals surface area contributed by atoms with Crippen molar-refractivity contribution < 1.29 is 9.90 Å². The van der Waals surface area contributed by atoms with Crippen LogP contribution in [-0.4, -0.2) is 15.6 Å². The monoisotopic (exact) mass is 181 g/mol. The van der Waals surface area contributed by atoms with Crippen LogP contribution in [0.2, 0.25) is 0 Å². The van der Waals surface area contributed by atoms with E-state index in [4.69, 9.17) is 5.11 Å². The van der Waals surface area contributed by atoms with Crippen LogP contribution in [0.25, 0.3) is 0 Å². The van der Waals surface area contributed by atoms with Gasteiger partial charge in [-0.05, 0) is 38.8 Å². The number of hydrogen-bond donors (Lipinski definition) is 1. The first-order valence-corrected chi connectivity index (χ1v) is 4.29. The van der Waals surface area contributed by atoms with Crippen LogP contribution in [0.15, 0.2) is 0 Å². The van der Waals surface area contributed by atoms with Gasteiger partial charge in [0.2, 0.25) is 0 Å². The standard InChI is InChI=1S/C10H15NO2/c1-6-7(2)9(4)11(8(6)3)5-10(12)13/h5H2,1-4H3,(H,12,13). The first-order valence-electron chi connectivity index (χ1n) is 4.29. The van der Waals surface area contributed by atoms with E-state index < -0.39 is 5.97 Å². The molecule has 72 valence electrons. The van der Waals surface area contributed by atoms with Gasteiger partial charge in [-0.3, -0.25) is 4.79 Å². The van der Waals surface area contributed by atoms with Crippen LogP contribution >= 0.6 is 0 Å². The van der Waals surface area contributed by atoms with Crippen LogP contribution in [0, 0.1) is 27.7 Å². The molecule has 0 saturated heterocycles. The Morgan fingerprint density at radius 2 is 1.54 bits per heavy atom. The van der Waals surface area contributed by atoms with Crippen molar-refractivity contribution in [1.29, 1.82) is 0 Å². The number of hydrogen-bond acceptors (Lipinski definition) is 1. The molecule has 1 heterocycles. The predicted octanol–water partition coefficient (Wildman–Crippen LogP) is 1.81. The average molecular weight is 181 g/mol. The van der Waals surface area contributed by atoms with E-state index in [-0.39, 0.29) is 6.54 Å². The van der Waals surface area contributed by atoms with Crippen LogP contribution in [-0.2, 0) is 11.3 Å². The smallest absolute Gasteiger partial charge is 0.323 e. The molecule has 0 amide bonds. The molecule has 0 aliphatic rings. The van der Waals surface area contributed by atoms with Crippen molar-refractivity contribution in [3.63, 3.8) is 0 Å². The van der Waals surface area contributed by atoms with E-state index in [9.17, 15) is 4.79 Å². The lowest BCUT2D eigenvalue weighted by atomic mass is 10.2. The zero-order chi connectivity index (χ0) is 10.2. The Kier molecular flexibility index (Phi) is 2.45. The number of rotatable bonds is 2. The lowest BCUT2D eigenvalue weighted by Gasteiger charge is -2.05. The normalized spacial score (nSPS) is 10.5. The van der Waals surface area contributed by atoms with E-state index in [0.717, 1.165) is 11.4 Å². The molecule has 1 rings (SSSR count). The zero-order valence-electron chi connectivity index (χ0n) is 8.51. The topological polar surface area (TPSA) is 42.2 Å². The first-order chi connectivity index (χ1) is 5.95. The molecule has 0 unspecified atom stereocenters. The molecular formula is C10H15NO2. The van der Waals surface area contributed by atoms with Crippen molar-refractivity contribution in [3.8, 4) is 0 Å². The summed E-state index contributed by atoms with van der Waals surface area (Å²) in [7, 11) is 0. The highest BCUT2D eigenvalue weighted by atomic mass is 16.4. The van der Waals surface area contributed by atoms with Gasteiger partial charge in [-0.25, -0.2) is 0 Å². The fraction of sp³-hybridized carbons (Fsp3) is 0.500. The van der Waals surface area contributed by atoms with Crippen molar-refractivity contribution in [1.82, 2.24) is 4.57 Å². The van der Waals surface area contributed by atoms with Gasteiger partial charge in [-0.1, -0.05) is 0 Å². The number of carbonyl (C=O) groups is 1. The van der Waals surface area contributed by atoms with Gasteiger partial charge in [-0.15, -0.1) is 0 Å². The second-order valence-electron chi connectivity index (χ2n) is 3.40. The van der Waals surface area contributed by atoms with E-state index in [0.29, 0.717) is 0 Å². The molecule has 0 saturated carbocycles. The molecule has 1 aromatic heterocycles. The fourth-order valence-electron chi connectivity index (χ4n) is 1.57. The maximum atomic E-state index is 10.6. The Morgan fingerprint density at radius 3 is 1.85 bits per heavy atom. The molecule has 0 radical (unpaired) electrons. The maximum Gasteiger partial charge on any atom is 0.323 e. The summed E-state index contributed by atoms with van der Waals surface area (Å²) in [6.45, 7) is 8.02. The molecule has 3 heteroatoms. The Bertz CT molecular complexity index is 325. The molecular weight excluding hydrogens is 166 g/mol. The first kappa shape index (κ1) is 9.84. The molecule has 0 spiro atoms. The summed E-state index contributed by atoms with van der Waals surface area (Å²) in [5, 5.41) is 8.70. The summed E-state index contributed by atoms with van der Waals surface area (Å²) in [5.41, 5.74) is 4.49. The second kappa shape index (κ2) is 3.24. The summed E-state index contributed by atoms with van der Waals surface area (Å²) in [6.07, 6.45) is 0. The van der Waals surface area contributed by atoms with Gasteiger partial charge >= 0.3 is 5.97 Å². The summed E-state index contributed by atoms with van der Waals surface area (Å²) >= 11 is 0. The van der Waals surface area contributed by atoms with Crippen molar-refractivity contribution in [3.05, 3.63) is 22.5 Å². The highest BCUT2D eigenvalue weighted by Crippen LogP contribution is 2.19. The lowest BCUT2D eigenvalue weighted by molar-refractivity contribution is -0.137. The van der Waals surface area contributed by atoms with Crippen molar-refractivity contribution in [2.24, 2.45) is 0 Å². The third-order valence-corrected chi connectivity index (χ3v) is 2.75. The molecule has 3 nitrogen and oxygen atoms in total. The summed E-state index contributed by atoms with van der Waals surface area (Å²) in [5.74, 6) is -0.791. The van der Waals surface area contributed by atoms with Crippen LogP contribution in [0.5, 0.6) is 0 Å². The van der Waals surface area contributed by atoms with E-state index in [2.05, 4.69) is 0 Å². The third-order valence-electron chi connectivity index (χ3n) is 2.75. The average Bonchev–Trinajstić information content (AvgIpc) is 2.22. The molecule has 0 aromatic carbocycles. The molecule has 13 heavy (non-hydrogen) atoms. The SMILES string of the molecule is Cc1c(C)c(C)n(CC(=O)O)c1C. The molecule has 1 aromatic rings. The van der Waals surface area contributed by atoms with E-state index in [1.165, 1.54) is 11.1 Å². The van der Waals surface area contributed by atoms with Gasteiger partial charge in [0, 0.05) is 11.4 Å². The molecule has 0 bridgehead atoms. The minimum absolute atomic E-state index is 0.0619. The van der Waals surface area contributed by atoms with E-state index in [1.807, 2.05) is 32.3 Å². The number of aromatic nitrogens is 1. The summed E-state index contributed by atoms with van der Waals surface area (Å²) < 4.78 is 1.84. The molecule has 0 aliphatic carbocycles. The number of carboxylic acids is 1. The quantitative estimate of drug-likeness (QED) is 0.756. The van der Waals surface area contributed by atoms with E-state index >= 15 is 0 Å². The number of nitrogens with zero attached hydrogens (tertiary/aromatic N) is 1. The van der Waals surface area contributed by atoms with Gasteiger partial charge < -0.3 is 9.67 Å². The predicted molar refractivity (Wildman–Crippen MR) is 51.0 cm³/mol. The van der Waals surface area contributed by atoms with Gasteiger partial charge in [0.05, 0.1) is 0 Å². The highest BCUT2D eigenvalue weighted by molar-refractivity contribution is 5.67. The van der Waals surface area contributed by atoms with Crippen molar-refractivity contribution >= 4 is 5.97 Å². The summed E-state index contributed by atoms with van der Waals surface area (Å²) in [6, 6.07) is 0. The van der Waals surface area contributed by atoms with Gasteiger partial charge in [0.25, 0.3) is 0 Å². The van der Waals surface area contributed by atoms with Gasteiger partial charge in [0.1, 0.15) is 6.54 Å². The van der Waals surface area contributed by atoms with Crippen LogP contribution in [0.4, 0.5) is 0 Å². The molecule has 0 atom stereocenters. The molecule has 1 N–H and O–H groups in total. The van der Waals surface area contributed by atoms with Crippen LogP contribution < -0.4 is 0 Å². The Morgan fingerprint density at radius 1 is 1.15 bits per heavy atom. The van der Waals surface area contributed by atoms with Crippen LogP contribution in [0.1, 0.15) is 22.5 Å². The third kappa shape index (κ3) is 1.59. The second-order valence-corrected chi connectivity index (χ2v) is 3.40. The maximum absolute atomic E-state index is 10.6. The number of aliphatic carboxylic acids is 1. The Labute approximate surface area is 78.0 Å². The largest absolute Gasteiger partial charge is 0.480 e.